The molecule has 10 heteroatoms. The fourth-order valence-electron chi connectivity index (χ4n) is 1.48. The zero-order valence-corrected chi connectivity index (χ0v) is 13.0. The predicted molar refractivity (Wildman–Crippen MR) is 69.9 cm³/mol. The minimum absolute atomic E-state index is 0.215. The van der Waals surface area contributed by atoms with Crippen LogP contribution in [0.15, 0.2) is 21.5 Å². The average Bonchev–Trinajstić information content (AvgIpc) is 2.29. The van der Waals surface area contributed by atoms with Crippen LogP contribution in [-0.4, -0.2) is 38.2 Å². The Bertz CT molecular complexity index is 655. The summed E-state index contributed by atoms with van der Waals surface area (Å²) in [6.07, 6.45) is -4.92. The zero-order valence-electron chi connectivity index (χ0n) is 10.6. The van der Waals surface area contributed by atoms with Crippen molar-refractivity contribution in [2.45, 2.75) is 18.2 Å². The molecule has 1 N–H and O–H groups in total. The number of halogens is 4. The first-order valence-corrected chi connectivity index (χ1v) is 7.85. The van der Waals surface area contributed by atoms with E-state index in [0.717, 1.165) is 6.07 Å². The lowest BCUT2D eigenvalue weighted by molar-refractivity contribution is -0.322. The van der Waals surface area contributed by atoms with Crippen molar-refractivity contribution in [1.29, 1.82) is 0 Å². The van der Waals surface area contributed by atoms with E-state index in [1.165, 1.54) is 13.0 Å². The summed E-state index contributed by atoms with van der Waals surface area (Å²) in [7, 11) is -4.11. The molecule has 0 radical (unpaired) electrons. The first kappa shape index (κ1) is 17.9. The van der Waals surface area contributed by atoms with Gasteiger partial charge in [0.15, 0.2) is 9.84 Å². The van der Waals surface area contributed by atoms with E-state index in [9.17, 15) is 26.4 Å². The van der Waals surface area contributed by atoms with Crippen molar-refractivity contribution < 1.29 is 36.2 Å². The van der Waals surface area contributed by atoms with Crippen molar-refractivity contribution in [2.75, 3.05) is 12.4 Å². The zero-order chi connectivity index (χ0) is 16.4. The van der Waals surface area contributed by atoms with Crippen LogP contribution in [0.5, 0.6) is 0 Å². The number of carboxylic acids is 1. The van der Waals surface area contributed by atoms with E-state index >= 15 is 0 Å². The fraction of sp³-hybridized carbons (Fsp3) is 0.364. The number of aromatic carboxylic acids is 1. The van der Waals surface area contributed by atoms with Gasteiger partial charge in [0, 0.05) is 4.47 Å². The Balaban J connectivity index is 3.11. The molecule has 0 aliphatic rings. The van der Waals surface area contributed by atoms with Crippen molar-refractivity contribution in [3.05, 3.63) is 27.7 Å². The van der Waals surface area contributed by atoms with Crippen molar-refractivity contribution in [3.63, 3.8) is 0 Å². The maximum absolute atomic E-state index is 12.0. The molecule has 1 rings (SSSR count). The van der Waals surface area contributed by atoms with Gasteiger partial charge in [0.05, 0.1) is 22.8 Å². The number of benzene rings is 1. The number of hydrogen-bond acceptors (Lipinski definition) is 4. The number of sulfone groups is 1. The molecule has 0 aliphatic carbocycles. The molecular formula is C11H10BrF3O5S. The second-order valence-electron chi connectivity index (χ2n) is 4.00. The van der Waals surface area contributed by atoms with Gasteiger partial charge in [-0.2, -0.15) is 0 Å². The molecule has 0 fully saturated rings. The van der Waals surface area contributed by atoms with Gasteiger partial charge in [-0.25, -0.2) is 13.2 Å². The number of alkyl halides is 3. The Hall–Kier alpha value is -1.13. The lowest BCUT2D eigenvalue weighted by Gasteiger charge is -2.11. The molecule has 0 aliphatic heterocycles. The molecule has 0 unspecified atom stereocenters. The summed E-state index contributed by atoms with van der Waals surface area (Å²) < 4.78 is 63.2. The molecule has 0 atom stereocenters. The summed E-state index contributed by atoms with van der Waals surface area (Å²) >= 11 is 3.02. The maximum atomic E-state index is 12.0. The number of ether oxygens (including phenoxy) is 1. The normalized spacial score (nSPS) is 12.4. The van der Waals surface area contributed by atoms with Gasteiger partial charge in [0.1, 0.15) is 0 Å². The largest absolute Gasteiger partial charge is 0.522 e. The highest BCUT2D eigenvalue weighted by molar-refractivity contribution is 9.10. The minimum Gasteiger partial charge on any atom is -0.478 e. The van der Waals surface area contributed by atoms with Crippen LogP contribution >= 0.6 is 15.9 Å². The van der Waals surface area contributed by atoms with Gasteiger partial charge < -0.3 is 5.11 Å². The molecule has 5 nitrogen and oxygen atoms in total. The Morgan fingerprint density at radius 2 is 1.95 bits per heavy atom. The van der Waals surface area contributed by atoms with Crippen LogP contribution in [0.2, 0.25) is 0 Å². The quantitative estimate of drug-likeness (QED) is 0.835. The molecule has 1 aromatic rings. The van der Waals surface area contributed by atoms with E-state index in [1.54, 1.807) is 0 Å². The average molecular weight is 391 g/mol. The first-order valence-electron chi connectivity index (χ1n) is 5.41. The summed E-state index contributed by atoms with van der Waals surface area (Å²) in [6.45, 7) is 0.341. The van der Waals surface area contributed by atoms with Crippen molar-refractivity contribution in [1.82, 2.24) is 0 Å². The Morgan fingerprint density at radius 3 is 2.43 bits per heavy atom. The highest BCUT2D eigenvalue weighted by atomic mass is 79.9. The molecule has 0 amide bonds. The summed E-state index contributed by atoms with van der Waals surface area (Å²) in [6, 6.07) is 2.12. The van der Waals surface area contributed by atoms with Crippen LogP contribution in [0.3, 0.4) is 0 Å². The number of carbonyl (C=O) groups is 1. The van der Waals surface area contributed by atoms with Gasteiger partial charge in [0.2, 0.25) is 0 Å². The highest BCUT2D eigenvalue weighted by Crippen LogP contribution is 2.27. The summed E-state index contributed by atoms with van der Waals surface area (Å²) in [5.74, 6) is -2.26. The Labute approximate surface area is 126 Å². The van der Waals surface area contributed by atoms with Gasteiger partial charge in [-0.1, -0.05) is 15.9 Å². The van der Waals surface area contributed by atoms with Gasteiger partial charge in [0.25, 0.3) is 0 Å². The van der Waals surface area contributed by atoms with Crippen molar-refractivity contribution in [2.24, 2.45) is 0 Å². The van der Waals surface area contributed by atoms with E-state index in [1.807, 2.05) is 0 Å². The van der Waals surface area contributed by atoms with Gasteiger partial charge in [-0.3, -0.25) is 4.74 Å². The van der Waals surface area contributed by atoms with Crippen molar-refractivity contribution in [3.8, 4) is 0 Å². The molecule has 118 valence electrons. The van der Waals surface area contributed by atoms with E-state index in [2.05, 4.69) is 20.7 Å². The first-order chi connectivity index (χ1) is 9.44. The van der Waals surface area contributed by atoms with E-state index in [-0.39, 0.29) is 20.5 Å². The third-order valence-electron chi connectivity index (χ3n) is 2.50. The number of hydrogen-bond donors (Lipinski definition) is 1. The van der Waals surface area contributed by atoms with Gasteiger partial charge >= 0.3 is 12.3 Å². The monoisotopic (exact) mass is 390 g/mol. The molecule has 0 spiro atoms. The standard InChI is InChI=1S/C11H10BrF3O5S/c1-6-8(12)4-7(10(16)17)5-9(6)21(18,19)3-2-20-11(13,14)15/h4-5H,2-3H2,1H3,(H,16,17). The Kier molecular flexibility index (Phi) is 5.40. The fourth-order valence-corrected chi connectivity index (χ4v) is 3.47. The van der Waals surface area contributed by atoms with E-state index in [0.29, 0.717) is 0 Å². The van der Waals surface area contributed by atoms with Crippen LogP contribution in [0.1, 0.15) is 15.9 Å². The Morgan fingerprint density at radius 1 is 1.38 bits per heavy atom. The van der Waals surface area contributed by atoms with E-state index < -0.39 is 34.5 Å². The summed E-state index contributed by atoms with van der Waals surface area (Å²) in [4.78, 5) is 10.6. The lowest BCUT2D eigenvalue weighted by Crippen LogP contribution is -2.21. The highest BCUT2D eigenvalue weighted by Gasteiger charge is 2.30. The summed E-state index contributed by atoms with van der Waals surface area (Å²) in [5, 5.41) is 8.88. The smallest absolute Gasteiger partial charge is 0.478 e. The third-order valence-corrected chi connectivity index (χ3v) is 5.12. The molecule has 21 heavy (non-hydrogen) atoms. The summed E-state index contributed by atoms with van der Waals surface area (Å²) in [5.41, 5.74) is -0.0743. The van der Waals surface area contributed by atoms with Gasteiger partial charge in [-0.05, 0) is 24.6 Å². The van der Waals surface area contributed by atoms with Crippen LogP contribution < -0.4 is 0 Å². The molecule has 0 heterocycles. The molecule has 0 bridgehead atoms. The topological polar surface area (TPSA) is 80.7 Å². The van der Waals surface area contributed by atoms with Crippen LogP contribution in [0, 0.1) is 6.92 Å². The van der Waals surface area contributed by atoms with Gasteiger partial charge in [-0.15, -0.1) is 13.2 Å². The lowest BCUT2D eigenvalue weighted by atomic mass is 10.1. The minimum atomic E-state index is -4.92. The molecule has 0 saturated carbocycles. The molecule has 0 saturated heterocycles. The second-order valence-corrected chi connectivity index (χ2v) is 6.93. The van der Waals surface area contributed by atoms with Crippen LogP contribution in [-0.2, 0) is 14.6 Å². The molecular weight excluding hydrogens is 381 g/mol. The molecule has 1 aromatic carbocycles. The number of carboxylic acid groups (broad SMARTS) is 1. The second kappa shape index (κ2) is 6.32. The van der Waals surface area contributed by atoms with E-state index in [4.69, 9.17) is 5.11 Å². The van der Waals surface area contributed by atoms with Crippen molar-refractivity contribution >= 4 is 31.7 Å². The SMILES string of the molecule is Cc1c(Br)cc(C(=O)O)cc1S(=O)(=O)CCOC(F)(F)F. The van der Waals surface area contributed by atoms with Crippen LogP contribution in [0.4, 0.5) is 13.2 Å². The van der Waals surface area contributed by atoms with Crippen LogP contribution in [0.25, 0.3) is 0 Å². The number of rotatable bonds is 5. The predicted octanol–water partition coefficient (Wildman–Crippen LogP) is 2.77. The molecule has 0 aromatic heterocycles. The maximum Gasteiger partial charge on any atom is 0.522 e. The third kappa shape index (κ3) is 4.97.